The Morgan fingerprint density at radius 2 is 1.85 bits per heavy atom. The molecule has 4 aromatic rings. The van der Waals surface area contributed by atoms with Gasteiger partial charge in [0.2, 0.25) is 4.96 Å². The first-order valence-corrected chi connectivity index (χ1v) is 11.6. The molecule has 0 aliphatic heterocycles. The molecule has 0 bridgehead atoms. The van der Waals surface area contributed by atoms with Gasteiger partial charge in [0.1, 0.15) is 11.6 Å². The fourth-order valence-electron chi connectivity index (χ4n) is 3.29. The fourth-order valence-corrected chi connectivity index (χ4v) is 4.42. The van der Waals surface area contributed by atoms with Gasteiger partial charge in [-0.25, -0.2) is 9.78 Å². The minimum atomic E-state index is -0.633. The molecular weight excluding hydrogens is 452 g/mol. The van der Waals surface area contributed by atoms with Crippen LogP contribution in [0.2, 0.25) is 0 Å². The van der Waals surface area contributed by atoms with Crippen molar-refractivity contribution in [3.8, 4) is 0 Å². The van der Waals surface area contributed by atoms with Gasteiger partial charge in [-0.1, -0.05) is 55.0 Å². The summed E-state index contributed by atoms with van der Waals surface area (Å²) >= 11 is 1.35. The van der Waals surface area contributed by atoms with Crippen LogP contribution in [0.4, 0.5) is 5.69 Å². The van der Waals surface area contributed by atoms with Crippen molar-refractivity contribution in [2.75, 3.05) is 5.32 Å². The average Bonchev–Trinajstić information content (AvgIpc) is 3.20. The molecule has 0 saturated carbocycles. The third-order valence-electron chi connectivity index (χ3n) is 4.98. The zero-order chi connectivity index (χ0) is 24.2. The molecule has 0 aliphatic rings. The summed E-state index contributed by atoms with van der Waals surface area (Å²) in [7, 11) is 0. The second-order valence-corrected chi connectivity index (χ2v) is 9.36. The van der Waals surface area contributed by atoms with Crippen LogP contribution in [0.15, 0.2) is 59.4 Å². The molecule has 174 valence electrons. The summed E-state index contributed by atoms with van der Waals surface area (Å²) in [6, 6.07) is 15.0. The summed E-state index contributed by atoms with van der Waals surface area (Å²) in [6.45, 7) is 5.91. The molecule has 0 radical (unpaired) electrons. The molecule has 0 unspecified atom stereocenters. The lowest BCUT2D eigenvalue weighted by Gasteiger charge is -2.11. The normalized spacial score (nSPS) is 11.1. The van der Waals surface area contributed by atoms with E-state index in [1.54, 1.807) is 36.4 Å². The van der Waals surface area contributed by atoms with Gasteiger partial charge in [0.15, 0.2) is 0 Å². The van der Waals surface area contributed by atoms with Crippen LogP contribution in [0.1, 0.15) is 50.8 Å². The van der Waals surface area contributed by atoms with E-state index in [0.717, 1.165) is 17.0 Å². The predicted molar refractivity (Wildman–Crippen MR) is 130 cm³/mol. The number of carbonyl (C=O) groups is 2. The van der Waals surface area contributed by atoms with Gasteiger partial charge in [0, 0.05) is 18.1 Å². The third-order valence-corrected chi connectivity index (χ3v) is 5.91. The van der Waals surface area contributed by atoms with Crippen LogP contribution in [-0.2, 0) is 17.8 Å². The fraction of sp³-hybridized carbons (Fsp3) is 0.240. The molecule has 9 heteroatoms. The Morgan fingerprint density at radius 3 is 2.59 bits per heavy atom. The standard InChI is InChI=1S/C25H24N4O4S/c1-15(2)12-21-28-29-22(30)13-18(26-25(29)34-21)14-33-24(32)19-6-4-5-7-20(19)27-23(31)17-10-8-16(3)9-11-17/h4-11,13,15H,12,14H2,1-3H3,(H,27,31). The first kappa shape index (κ1) is 23.3. The molecule has 0 fully saturated rings. The maximum atomic E-state index is 12.8. The molecule has 2 aromatic carbocycles. The van der Waals surface area contributed by atoms with E-state index in [4.69, 9.17) is 4.74 Å². The molecule has 0 atom stereocenters. The van der Waals surface area contributed by atoms with Gasteiger partial charge >= 0.3 is 5.97 Å². The van der Waals surface area contributed by atoms with E-state index in [-0.39, 0.29) is 23.6 Å². The summed E-state index contributed by atoms with van der Waals surface area (Å²) in [5, 5.41) is 7.90. The van der Waals surface area contributed by atoms with E-state index in [2.05, 4.69) is 29.2 Å². The highest BCUT2D eigenvalue weighted by molar-refractivity contribution is 7.16. The number of nitrogens with zero attached hydrogens (tertiary/aromatic N) is 3. The number of carbonyl (C=O) groups excluding carboxylic acids is 2. The van der Waals surface area contributed by atoms with E-state index in [9.17, 15) is 14.4 Å². The van der Waals surface area contributed by atoms with Crippen LogP contribution in [0.5, 0.6) is 0 Å². The smallest absolute Gasteiger partial charge is 0.340 e. The molecule has 1 amide bonds. The van der Waals surface area contributed by atoms with Crippen molar-refractivity contribution in [2.24, 2.45) is 5.92 Å². The Bertz CT molecular complexity index is 1410. The van der Waals surface area contributed by atoms with Crippen molar-refractivity contribution in [1.82, 2.24) is 14.6 Å². The Labute approximate surface area is 200 Å². The van der Waals surface area contributed by atoms with Gasteiger partial charge in [-0.15, -0.1) is 0 Å². The Hall–Kier alpha value is -3.85. The minimum absolute atomic E-state index is 0.178. The number of aromatic nitrogens is 3. The van der Waals surface area contributed by atoms with Crippen molar-refractivity contribution in [3.05, 3.63) is 92.3 Å². The van der Waals surface area contributed by atoms with Gasteiger partial charge in [0.05, 0.1) is 16.9 Å². The number of nitrogens with one attached hydrogen (secondary N) is 1. The molecular formula is C25H24N4O4S. The van der Waals surface area contributed by atoms with E-state index in [0.29, 0.717) is 27.8 Å². The number of anilines is 1. The zero-order valence-electron chi connectivity index (χ0n) is 19.1. The summed E-state index contributed by atoms with van der Waals surface area (Å²) in [4.78, 5) is 42.7. The van der Waals surface area contributed by atoms with E-state index < -0.39 is 5.97 Å². The molecule has 8 nitrogen and oxygen atoms in total. The summed E-state index contributed by atoms with van der Waals surface area (Å²) in [6.07, 6.45) is 0.753. The lowest BCUT2D eigenvalue weighted by Crippen LogP contribution is -2.18. The van der Waals surface area contributed by atoms with Crippen LogP contribution in [0.3, 0.4) is 0 Å². The quantitative estimate of drug-likeness (QED) is 0.400. The Morgan fingerprint density at radius 1 is 1.12 bits per heavy atom. The molecule has 1 N–H and O–H groups in total. The third kappa shape index (κ3) is 5.37. The van der Waals surface area contributed by atoms with E-state index >= 15 is 0 Å². The summed E-state index contributed by atoms with van der Waals surface area (Å²) < 4.78 is 6.68. The zero-order valence-corrected chi connectivity index (χ0v) is 19.9. The highest BCUT2D eigenvalue weighted by Crippen LogP contribution is 2.19. The topological polar surface area (TPSA) is 103 Å². The monoisotopic (exact) mass is 476 g/mol. The summed E-state index contributed by atoms with van der Waals surface area (Å²) in [5.74, 6) is -0.558. The largest absolute Gasteiger partial charge is 0.456 e. The van der Waals surface area contributed by atoms with Crippen LogP contribution < -0.4 is 10.9 Å². The van der Waals surface area contributed by atoms with Crippen molar-refractivity contribution in [2.45, 2.75) is 33.8 Å². The van der Waals surface area contributed by atoms with Gasteiger partial charge < -0.3 is 10.1 Å². The van der Waals surface area contributed by atoms with Crippen molar-refractivity contribution < 1.29 is 14.3 Å². The number of amides is 1. The maximum absolute atomic E-state index is 12.8. The number of hydrogen-bond donors (Lipinski definition) is 1. The van der Waals surface area contributed by atoms with Gasteiger partial charge in [-0.2, -0.15) is 9.61 Å². The second kappa shape index (κ2) is 9.96. The van der Waals surface area contributed by atoms with Gasteiger partial charge in [-0.3, -0.25) is 9.59 Å². The first-order valence-electron chi connectivity index (χ1n) is 10.8. The van der Waals surface area contributed by atoms with Crippen molar-refractivity contribution in [3.63, 3.8) is 0 Å². The molecule has 2 aromatic heterocycles. The number of para-hydroxylation sites is 1. The SMILES string of the molecule is Cc1ccc(C(=O)Nc2ccccc2C(=O)OCc2cc(=O)n3nc(CC(C)C)sc3n2)cc1. The first-order chi connectivity index (χ1) is 16.3. The maximum Gasteiger partial charge on any atom is 0.340 e. The number of hydrogen-bond acceptors (Lipinski definition) is 7. The van der Waals surface area contributed by atoms with Crippen LogP contribution >= 0.6 is 11.3 Å². The second-order valence-electron chi connectivity index (χ2n) is 8.32. The Balaban J connectivity index is 1.48. The predicted octanol–water partition coefficient (Wildman–Crippen LogP) is 4.27. The van der Waals surface area contributed by atoms with Crippen LogP contribution in [0.25, 0.3) is 4.96 Å². The number of rotatable bonds is 7. The van der Waals surface area contributed by atoms with Gasteiger partial charge in [-0.05, 0) is 37.1 Å². The summed E-state index contributed by atoms with van der Waals surface area (Å²) in [5.41, 5.74) is 2.07. The average molecular weight is 477 g/mol. The highest BCUT2D eigenvalue weighted by atomic mass is 32.1. The highest BCUT2D eigenvalue weighted by Gasteiger charge is 2.17. The number of fused-ring (bicyclic) bond motifs is 1. The van der Waals surface area contributed by atoms with Gasteiger partial charge in [0.25, 0.3) is 11.5 Å². The van der Waals surface area contributed by atoms with E-state index in [1.807, 2.05) is 19.1 Å². The molecule has 4 rings (SSSR count). The Kier molecular flexibility index (Phi) is 6.83. The molecule has 0 saturated heterocycles. The van der Waals surface area contributed by atoms with Crippen LogP contribution in [0, 0.1) is 12.8 Å². The number of aryl methyl sites for hydroxylation is 1. The van der Waals surface area contributed by atoms with E-state index in [1.165, 1.54) is 21.9 Å². The molecule has 34 heavy (non-hydrogen) atoms. The number of esters is 1. The van der Waals surface area contributed by atoms with Crippen molar-refractivity contribution in [1.29, 1.82) is 0 Å². The molecule has 0 spiro atoms. The number of benzene rings is 2. The molecule has 2 heterocycles. The number of ether oxygens (including phenoxy) is 1. The minimum Gasteiger partial charge on any atom is -0.456 e. The lowest BCUT2D eigenvalue weighted by molar-refractivity contribution is 0.0469. The lowest BCUT2D eigenvalue weighted by atomic mass is 10.1. The molecule has 0 aliphatic carbocycles. The van der Waals surface area contributed by atoms with Crippen molar-refractivity contribution >= 4 is 33.9 Å². The van der Waals surface area contributed by atoms with Crippen LogP contribution in [-0.4, -0.2) is 26.5 Å².